The molecule has 1 heterocycles. The summed E-state index contributed by atoms with van der Waals surface area (Å²) in [5.74, 6) is 0.515. The number of rotatable bonds is 2. The van der Waals surface area contributed by atoms with E-state index in [0.717, 1.165) is 0 Å². The van der Waals surface area contributed by atoms with Gasteiger partial charge in [0.2, 0.25) is 11.2 Å². The third-order valence-corrected chi connectivity index (χ3v) is 3.61. The Morgan fingerprint density at radius 2 is 1.67 bits per heavy atom. The Balaban J connectivity index is 2.34. The van der Waals surface area contributed by atoms with E-state index >= 15 is 0 Å². The highest BCUT2D eigenvalue weighted by molar-refractivity contribution is 6.31. The molecule has 106 valence electrons. The summed E-state index contributed by atoms with van der Waals surface area (Å²) in [6.45, 7) is 0. The van der Waals surface area contributed by atoms with Gasteiger partial charge in [0, 0.05) is 15.6 Å². The first-order valence-corrected chi connectivity index (χ1v) is 6.92. The van der Waals surface area contributed by atoms with Gasteiger partial charge in [0.25, 0.3) is 0 Å². The number of methoxy groups -OCH3 is 1. The van der Waals surface area contributed by atoms with E-state index in [2.05, 4.69) is 0 Å². The highest BCUT2D eigenvalue weighted by Gasteiger charge is 2.16. The second kappa shape index (κ2) is 5.43. The Bertz CT molecular complexity index is 867. The van der Waals surface area contributed by atoms with Crippen molar-refractivity contribution in [3.8, 4) is 17.1 Å². The number of hydrogen-bond acceptors (Lipinski definition) is 3. The molecule has 3 aromatic rings. The van der Waals surface area contributed by atoms with E-state index < -0.39 is 0 Å². The SMILES string of the molecule is COc1c(-c2ccc(Cl)cc2)oc2ccc(Cl)cc2c1=O. The summed E-state index contributed by atoms with van der Waals surface area (Å²) in [5, 5.41) is 1.46. The molecule has 3 nitrogen and oxygen atoms in total. The summed E-state index contributed by atoms with van der Waals surface area (Å²) in [6, 6.07) is 11.9. The lowest BCUT2D eigenvalue weighted by atomic mass is 10.1. The molecule has 2 aromatic carbocycles. The van der Waals surface area contributed by atoms with Gasteiger partial charge < -0.3 is 9.15 Å². The standard InChI is InChI=1S/C16H10Cl2O3/c1-20-16-14(19)12-8-11(18)6-7-13(12)21-15(16)9-2-4-10(17)5-3-9/h2-8H,1H3. The fourth-order valence-electron chi connectivity index (χ4n) is 2.13. The molecule has 0 spiro atoms. The molecule has 0 aliphatic carbocycles. The monoisotopic (exact) mass is 320 g/mol. The van der Waals surface area contributed by atoms with E-state index in [4.69, 9.17) is 32.4 Å². The lowest BCUT2D eigenvalue weighted by molar-refractivity contribution is 0.399. The normalized spacial score (nSPS) is 10.8. The Hall–Kier alpha value is -1.97. The molecule has 0 radical (unpaired) electrons. The third-order valence-electron chi connectivity index (χ3n) is 3.12. The van der Waals surface area contributed by atoms with Crippen LogP contribution in [0.3, 0.4) is 0 Å². The first-order valence-electron chi connectivity index (χ1n) is 6.16. The Kier molecular flexibility index (Phi) is 3.62. The molecule has 0 bridgehead atoms. The van der Waals surface area contributed by atoms with E-state index in [1.54, 1.807) is 42.5 Å². The molecule has 0 fully saturated rings. The zero-order chi connectivity index (χ0) is 15.0. The van der Waals surface area contributed by atoms with Crippen molar-refractivity contribution >= 4 is 34.2 Å². The van der Waals surface area contributed by atoms with E-state index in [1.807, 2.05) is 0 Å². The van der Waals surface area contributed by atoms with Crippen LogP contribution in [0.15, 0.2) is 51.7 Å². The van der Waals surface area contributed by atoms with E-state index in [1.165, 1.54) is 7.11 Å². The molecule has 0 saturated heterocycles. The van der Waals surface area contributed by atoms with Crippen LogP contribution in [0.2, 0.25) is 10.0 Å². The van der Waals surface area contributed by atoms with Crippen molar-refractivity contribution in [1.82, 2.24) is 0 Å². The summed E-state index contributed by atoms with van der Waals surface area (Å²) in [5.41, 5.74) is 0.909. The number of halogens is 2. The molecule has 0 amide bonds. The third kappa shape index (κ3) is 2.50. The quantitative estimate of drug-likeness (QED) is 0.682. The Morgan fingerprint density at radius 1 is 1.00 bits per heavy atom. The summed E-state index contributed by atoms with van der Waals surface area (Å²) in [4.78, 5) is 12.5. The van der Waals surface area contributed by atoms with Gasteiger partial charge in [-0.05, 0) is 42.5 Å². The van der Waals surface area contributed by atoms with Crippen LogP contribution in [-0.4, -0.2) is 7.11 Å². The Labute approximate surface area is 130 Å². The first kappa shape index (κ1) is 14.0. The van der Waals surface area contributed by atoms with Crippen molar-refractivity contribution in [3.05, 3.63) is 62.7 Å². The van der Waals surface area contributed by atoms with Crippen molar-refractivity contribution in [3.63, 3.8) is 0 Å². The number of ether oxygens (including phenoxy) is 1. The largest absolute Gasteiger partial charge is 0.490 e. The molecule has 21 heavy (non-hydrogen) atoms. The van der Waals surface area contributed by atoms with Crippen molar-refractivity contribution in [2.75, 3.05) is 7.11 Å². The van der Waals surface area contributed by atoms with Crippen LogP contribution in [-0.2, 0) is 0 Å². The minimum atomic E-state index is -0.258. The predicted molar refractivity (Wildman–Crippen MR) is 84.5 cm³/mol. The van der Waals surface area contributed by atoms with Gasteiger partial charge in [0.1, 0.15) is 5.58 Å². The van der Waals surface area contributed by atoms with Crippen LogP contribution >= 0.6 is 23.2 Å². The maximum Gasteiger partial charge on any atom is 0.235 e. The fraction of sp³-hybridized carbons (Fsp3) is 0.0625. The lowest BCUT2D eigenvalue weighted by Crippen LogP contribution is -2.07. The fourth-order valence-corrected chi connectivity index (χ4v) is 2.43. The minimum Gasteiger partial charge on any atom is -0.490 e. The summed E-state index contributed by atoms with van der Waals surface area (Å²) >= 11 is 11.8. The average molecular weight is 321 g/mol. The van der Waals surface area contributed by atoms with Gasteiger partial charge in [0.05, 0.1) is 12.5 Å². The topological polar surface area (TPSA) is 39.4 Å². The van der Waals surface area contributed by atoms with Crippen LogP contribution in [0.5, 0.6) is 5.75 Å². The molecule has 0 N–H and O–H groups in total. The number of benzene rings is 2. The molecule has 5 heteroatoms. The molecular formula is C16H10Cl2O3. The van der Waals surface area contributed by atoms with Crippen molar-refractivity contribution < 1.29 is 9.15 Å². The highest BCUT2D eigenvalue weighted by Crippen LogP contribution is 2.32. The van der Waals surface area contributed by atoms with Crippen molar-refractivity contribution in [1.29, 1.82) is 0 Å². The molecular weight excluding hydrogens is 311 g/mol. The number of fused-ring (bicyclic) bond motifs is 1. The predicted octanol–water partition coefficient (Wildman–Crippen LogP) is 4.78. The molecule has 1 aromatic heterocycles. The summed E-state index contributed by atoms with van der Waals surface area (Å²) < 4.78 is 11.0. The van der Waals surface area contributed by atoms with E-state index in [9.17, 15) is 4.79 Å². The molecule has 0 saturated carbocycles. The van der Waals surface area contributed by atoms with Gasteiger partial charge in [-0.2, -0.15) is 0 Å². The van der Waals surface area contributed by atoms with Gasteiger partial charge in [-0.25, -0.2) is 0 Å². The first-order chi connectivity index (χ1) is 10.1. The van der Waals surface area contributed by atoms with Crippen molar-refractivity contribution in [2.24, 2.45) is 0 Å². The minimum absolute atomic E-state index is 0.145. The molecule has 0 atom stereocenters. The summed E-state index contributed by atoms with van der Waals surface area (Å²) in [6.07, 6.45) is 0. The second-order valence-corrected chi connectivity index (χ2v) is 5.31. The van der Waals surface area contributed by atoms with Crippen LogP contribution in [0, 0.1) is 0 Å². The maximum absolute atomic E-state index is 12.5. The van der Waals surface area contributed by atoms with Crippen LogP contribution < -0.4 is 10.2 Å². The zero-order valence-electron chi connectivity index (χ0n) is 11.0. The second-order valence-electron chi connectivity index (χ2n) is 4.44. The van der Waals surface area contributed by atoms with Crippen LogP contribution in [0.1, 0.15) is 0 Å². The van der Waals surface area contributed by atoms with Crippen LogP contribution in [0.25, 0.3) is 22.3 Å². The van der Waals surface area contributed by atoms with Gasteiger partial charge >= 0.3 is 0 Å². The van der Waals surface area contributed by atoms with Gasteiger partial charge in [0.15, 0.2) is 5.76 Å². The lowest BCUT2D eigenvalue weighted by Gasteiger charge is -2.09. The van der Waals surface area contributed by atoms with Gasteiger partial charge in [-0.15, -0.1) is 0 Å². The smallest absolute Gasteiger partial charge is 0.235 e. The van der Waals surface area contributed by atoms with Gasteiger partial charge in [-0.3, -0.25) is 4.79 Å². The van der Waals surface area contributed by atoms with Crippen LogP contribution in [0.4, 0.5) is 0 Å². The average Bonchev–Trinajstić information content (AvgIpc) is 2.48. The maximum atomic E-state index is 12.5. The summed E-state index contributed by atoms with van der Waals surface area (Å²) in [7, 11) is 1.43. The number of hydrogen-bond donors (Lipinski definition) is 0. The van der Waals surface area contributed by atoms with E-state index in [0.29, 0.717) is 32.3 Å². The molecule has 0 unspecified atom stereocenters. The van der Waals surface area contributed by atoms with Crippen molar-refractivity contribution in [2.45, 2.75) is 0 Å². The molecule has 3 rings (SSSR count). The van der Waals surface area contributed by atoms with E-state index in [-0.39, 0.29) is 11.2 Å². The Morgan fingerprint density at radius 3 is 2.33 bits per heavy atom. The highest BCUT2D eigenvalue weighted by atomic mass is 35.5. The zero-order valence-corrected chi connectivity index (χ0v) is 12.5. The molecule has 0 aliphatic heterocycles. The van der Waals surface area contributed by atoms with Gasteiger partial charge in [-0.1, -0.05) is 23.2 Å². The molecule has 0 aliphatic rings.